The molecule has 0 aliphatic carbocycles. The second kappa shape index (κ2) is 6.25. The van der Waals surface area contributed by atoms with Crippen molar-refractivity contribution in [3.8, 4) is 0 Å². The first-order valence-corrected chi connectivity index (χ1v) is 7.72. The smallest absolute Gasteiger partial charge is 0.373 e. The Kier molecular flexibility index (Phi) is 4.16. The van der Waals surface area contributed by atoms with Crippen LogP contribution in [0.5, 0.6) is 0 Å². The van der Waals surface area contributed by atoms with Crippen molar-refractivity contribution in [1.82, 2.24) is 14.4 Å². The lowest BCUT2D eigenvalue weighted by Crippen LogP contribution is -2.19. The first-order valence-electron chi connectivity index (χ1n) is 6.74. The molecule has 0 atom stereocenters. The zero-order valence-corrected chi connectivity index (χ0v) is 13.3. The van der Waals surface area contributed by atoms with Crippen molar-refractivity contribution in [2.75, 3.05) is 7.11 Å². The Morgan fingerprint density at radius 3 is 2.96 bits per heavy atom. The number of ether oxygens (including phenoxy) is 1. The predicted molar refractivity (Wildman–Crippen MR) is 83.6 cm³/mol. The van der Waals surface area contributed by atoms with E-state index in [-0.39, 0.29) is 11.4 Å². The van der Waals surface area contributed by atoms with Gasteiger partial charge in [0.05, 0.1) is 12.9 Å². The molecule has 0 fully saturated rings. The standard InChI is InChI=1S/C15H13N3O4S/c1-9-5-6-18-12(7-9)16-14(17-15(18)20)23-8-10-3-4-11(22-10)13(19)21-2/h3-7H,8H2,1-2H3. The van der Waals surface area contributed by atoms with E-state index in [1.165, 1.54) is 23.3 Å². The number of thioether (sulfide) groups is 1. The predicted octanol–water partition coefficient (Wildman–Crippen LogP) is 2.07. The van der Waals surface area contributed by atoms with Gasteiger partial charge in [-0.15, -0.1) is 0 Å². The largest absolute Gasteiger partial charge is 0.463 e. The van der Waals surface area contributed by atoms with E-state index in [2.05, 4.69) is 14.7 Å². The van der Waals surface area contributed by atoms with Gasteiger partial charge in [-0.1, -0.05) is 11.8 Å². The molecule has 0 bridgehead atoms. The zero-order chi connectivity index (χ0) is 16.4. The van der Waals surface area contributed by atoms with Crippen molar-refractivity contribution >= 4 is 23.4 Å². The molecule has 0 amide bonds. The number of nitrogens with zero attached hydrogens (tertiary/aromatic N) is 3. The third-order valence-corrected chi connectivity index (χ3v) is 3.96. The van der Waals surface area contributed by atoms with Crippen LogP contribution in [0.25, 0.3) is 5.65 Å². The highest BCUT2D eigenvalue weighted by molar-refractivity contribution is 7.98. The summed E-state index contributed by atoms with van der Waals surface area (Å²) in [6, 6.07) is 6.86. The van der Waals surface area contributed by atoms with E-state index < -0.39 is 5.97 Å². The lowest BCUT2D eigenvalue weighted by Gasteiger charge is -2.03. The van der Waals surface area contributed by atoms with Crippen molar-refractivity contribution in [2.45, 2.75) is 17.8 Å². The highest BCUT2D eigenvalue weighted by Crippen LogP contribution is 2.20. The highest BCUT2D eigenvalue weighted by Gasteiger charge is 2.12. The maximum absolute atomic E-state index is 12.0. The Bertz CT molecular complexity index is 932. The van der Waals surface area contributed by atoms with Crippen molar-refractivity contribution in [2.24, 2.45) is 0 Å². The molecular formula is C15H13N3O4S. The fourth-order valence-electron chi connectivity index (χ4n) is 1.96. The molecule has 3 aromatic heterocycles. The minimum Gasteiger partial charge on any atom is -0.463 e. The molecule has 7 nitrogen and oxygen atoms in total. The van der Waals surface area contributed by atoms with Gasteiger partial charge in [0.25, 0.3) is 0 Å². The zero-order valence-electron chi connectivity index (χ0n) is 12.5. The van der Waals surface area contributed by atoms with Crippen LogP contribution in [0.15, 0.2) is 44.8 Å². The van der Waals surface area contributed by atoms with E-state index in [0.717, 1.165) is 5.56 Å². The summed E-state index contributed by atoms with van der Waals surface area (Å²) in [6.07, 6.45) is 1.65. The number of hydrogen-bond acceptors (Lipinski definition) is 7. The van der Waals surface area contributed by atoms with Crippen LogP contribution in [-0.4, -0.2) is 27.4 Å². The molecule has 8 heteroatoms. The second-order valence-corrected chi connectivity index (χ2v) is 5.71. The van der Waals surface area contributed by atoms with Gasteiger partial charge in [0.2, 0.25) is 5.76 Å². The van der Waals surface area contributed by atoms with E-state index in [1.54, 1.807) is 18.3 Å². The lowest BCUT2D eigenvalue weighted by molar-refractivity contribution is 0.0563. The number of furan rings is 1. The summed E-state index contributed by atoms with van der Waals surface area (Å²) in [5, 5.41) is 0.358. The third-order valence-electron chi connectivity index (χ3n) is 3.09. The Balaban J connectivity index is 1.80. The molecule has 0 aliphatic rings. The van der Waals surface area contributed by atoms with Gasteiger partial charge in [-0.25, -0.2) is 14.6 Å². The molecule has 0 unspecified atom stereocenters. The van der Waals surface area contributed by atoms with Crippen LogP contribution < -0.4 is 5.69 Å². The van der Waals surface area contributed by atoms with Crippen molar-refractivity contribution < 1.29 is 13.9 Å². The number of rotatable bonds is 4. The Morgan fingerprint density at radius 2 is 2.17 bits per heavy atom. The summed E-state index contributed by atoms with van der Waals surface area (Å²) >= 11 is 1.26. The lowest BCUT2D eigenvalue weighted by atomic mass is 10.3. The van der Waals surface area contributed by atoms with Crippen LogP contribution >= 0.6 is 11.8 Å². The summed E-state index contributed by atoms with van der Waals surface area (Å²) in [5.41, 5.74) is 1.17. The Labute approximate surface area is 135 Å². The van der Waals surface area contributed by atoms with Gasteiger partial charge in [-0.05, 0) is 36.8 Å². The average Bonchev–Trinajstić information content (AvgIpc) is 3.00. The minimum absolute atomic E-state index is 0.137. The average molecular weight is 331 g/mol. The van der Waals surface area contributed by atoms with Gasteiger partial charge in [0, 0.05) is 6.20 Å². The second-order valence-electron chi connectivity index (χ2n) is 4.77. The number of aromatic nitrogens is 3. The molecule has 0 radical (unpaired) electrons. The first kappa shape index (κ1) is 15.3. The molecule has 3 aromatic rings. The van der Waals surface area contributed by atoms with Crippen LogP contribution in [0.2, 0.25) is 0 Å². The molecular weight excluding hydrogens is 318 g/mol. The van der Waals surface area contributed by atoms with Crippen molar-refractivity contribution in [3.63, 3.8) is 0 Å². The molecule has 23 heavy (non-hydrogen) atoms. The van der Waals surface area contributed by atoms with E-state index in [1.807, 2.05) is 19.1 Å². The molecule has 3 rings (SSSR count). The first-order chi connectivity index (χ1) is 11.1. The molecule has 0 saturated heterocycles. The van der Waals surface area contributed by atoms with Gasteiger partial charge in [0.15, 0.2) is 5.16 Å². The molecule has 0 N–H and O–H groups in total. The quantitative estimate of drug-likeness (QED) is 0.534. The summed E-state index contributed by atoms with van der Waals surface area (Å²) in [5.74, 6) is 0.580. The molecule has 0 aromatic carbocycles. The van der Waals surface area contributed by atoms with Gasteiger partial charge in [-0.3, -0.25) is 4.40 Å². The summed E-state index contributed by atoms with van der Waals surface area (Å²) in [7, 11) is 1.29. The fraction of sp³-hybridized carbons (Fsp3) is 0.200. The minimum atomic E-state index is -0.531. The van der Waals surface area contributed by atoms with Crippen LogP contribution in [0, 0.1) is 6.92 Å². The monoisotopic (exact) mass is 331 g/mol. The van der Waals surface area contributed by atoms with E-state index in [0.29, 0.717) is 22.3 Å². The topological polar surface area (TPSA) is 86.7 Å². The number of esters is 1. The maximum Gasteiger partial charge on any atom is 0.373 e. The molecule has 0 spiro atoms. The van der Waals surface area contributed by atoms with Gasteiger partial charge < -0.3 is 9.15 Å². The number of fused-ring (bicyclic) bond motifs is 1. The Morgan fingerprint density at radius 1 is 1.35 bits per heavy atom. The van der Waals surface area contributed by atoms with Crippen LogP contribution in [-0.2, 0) is 10.5 Å². The van der Waals surface area contributed by atoms with E-state index in [4.69, 9.17) is 4.42 Å². The van der Waals surface area contributed by atoms with Crippen molar-refractivity contribution in [3.05, 3.63) is 58.0 Å². The van der Waals surface area contributed by atoms with Crippen LogP contribution in [0.1, 0.15) is 21.9 Å². The number of methoxy groups -OCH3 is 1. The van der Waals surface area contributed by atoms with Crippen molar-refractivity contribution in [1.29, 1.82) is 0 Å². The Hall–Kier alpha value is -2.61. The third kappa shape index (κ3) is 3.26. The normalized spacial score (nSPS) is 10.9. The van der Waals surface area contributed by atoms with E-state index >= 15 is 0 Å². The van der Waals surface area contributed by atoms with Gasteiger partial charge in [0.1, 0.15) is 11.4 Å². The highest BCUT2D eigenvalue weighted by atomic mass is 32.2. The number of carbonyl (C=O) groups is 1. The van der Waals surface area contributed by atoms with E-state index in [9.17, 15) is 9.59 Å². The SMILES string of the molecule is COC(=O)c1ccc(CSc2nc(=O)n3ccc(C)cc3n2)o1. The number of hydrogen-bond donors (Lipinski definition) is 0. The molecule has 0 saturated carbocycles. The summed E-state index contributed by atoms with van der Waals surface area (Å²) < 4.78 is 11.3. The van der Waals surface area contributed by atoms with Gasteiger partial charge >= 0.3 is 11.7 Å². The summed E-state index contributed by atoms with van der Waals surface area (Å²) in [4.78, 5) is 31.6. The van der Waals surface area contributed by atoms with Crippen LogP contribution in [0.4, 0.5) is 0 Å². The number of pyridine rings is 1. The van der Waals surface area contributed by atoms with Crippen LogP contribution in [0.3, 0.4) is 0 Å². The fourth-order valence-corrected chi connectivity index (χ4v) is 2.69. The van der Waals surface area contributed by atoms with Gasteiger partial charge in [-0.2, -0.15) is 4.98 Å². The molecule has 0 aliphatic heterocycles. The number of aryl methyl sites for hydroxylation is 1. The molecule has 118 valence electrons. The number of carbonyl (C=O) groups excluding carboxylic acids is 1. The maximum atomic E-state index is 12.0. The molecule has 3 heterocycles. The summed E-state index contributed by atoms with van der Waals surface area (Å²) in [6.45, 7) is 1.93.